The Bertz CT molecular complexity index is 687. The van der Waals surface area contributed by atoms with Crippen molar-refractivity contribution in [3.63, 3.8) is 0 Å². The van der Waals surface area contributed by atoms with E-state index in [1.165, 1.54) is 22.5 Å². The number of carbonyl (C=O) groups excluding carboxylic acids is 1. The van der Waals surface area contributed by atoms with Gasteiger partial charge in [-0.25, -0.2) is 4.79 Å². The maximum absolute atomic E-state index is 12.4. The van der Waals surface area contributed by atoms with Crippen LogP contribution in [0.3, 0.4) is 0 Å². The Morgan fingerprint density at radius 1 is 1.41 bits per heavy atom. The summed E-state index contributed by atoms with van der Waals surface area (Å²) in [5, 5.41) is 10.9. The van der Waals surface area contributed by atoms with Crippen molar-refractivity contribution in [2.24, 2.45) is 0 Å². The van der Waals surface area contributed by atoms with Crippen LogP contribution in [0.25, 0.3) is 0 Å². The van der Waals surface area contributed by atoms with Gasteiger partial charge in [0.25, 0.3) is 0 Å². The molecule has 0 radical (unpaired) electrons. The van der Waals surface area contributed by atoms with Crippen molar-refractivity contribution in [2.45, 2.75) is 18.4 Å². The number of ether oxygens (including phenoxy) is 1. The minimum absolute atomic E-state index is 0.135. The van der Waals surface area contributed by atoms with Gasteiger partial charge in [0.1, 0.15) is 11.1 Å². The lowest BCUT2D eigenvalue weighted by molar-refractivity contribution is -0.100. The van der Waals surface area contributed by atoms with Crippen molar-refractivity contribution in [3.8, 4) is 0 Å². The van der Waals surface area contributed by atoms with E-state index in [1.54, 1.807) is 5.51 Å². The number of nitrogens with zero attached hydrogens (tertiary/aromatic N) is 3. The molecule has 7 heteroatoms. The van der Waals surface area contributed by atoms with E-state index in [-0.39, 0.29) is 11.6 Å². The Morgan fingerprint density at radius 2 is 2.32 bits per heavy atom. The normalized spacial score (nSPS) is 23.5. The van der Waals surface area contributed by atoms with Crippen LogP contribution < -0.4 is 5.32 Å². The van der Waals surface area contributed by atoms with Crippen LogP contribution in [0.5, 0.6) is 0 Å². The number of hydrogen-bond donors (Lipinski definition) is 1. The van der Waals surface area contributed by atoms with Crippen LogP contribution in [0.1, 0.15) is 17.5 Å². The predicted molar refractivity (Wildman–Crippen MR) is 82.9 cm³/mol. The summed E-state index contributed by atoms with van der Waals surface area (Å²) >= 11 is 1.32. The summed E-state index contributed by atoms with van der Waals surface area (Å²) in [4.78, 5) is 14.2. The van der Waals surface area contributed by atoms with Crippen LogP contribution in [0.15, 0.2) is 29.8 Å². The highest BCUT2D eigenvalue weighted by Crippen LogP contribution is 2.42. The third kappa shape index (κ3) is 2.26. The first-order valence-electron chi connectivity index (χ1n) is 7.31. The average molecular weight is 316 g/mol. The minimum Gasteiger partial charge on any atom is -0.367 e. The summed E-state index contributed by atoms with van der Waals surface area (Å²) in [6.07, 6.45) is 1.93. The molecule has 1 aromatic heterocycles. The molecule has 2 amide bonds. The Kier molecular flexibility index (Phi) is 3.31. The van der Waals surface area contributed by atoms with Crippen LogP contribution in [0, 0.1) is 0 Å². The van der Waals surface area contributed by atoms with Crippen LogP contribution in [-0.2, 0) is 16.8 Å². The second-order valence-corrected chi connectivity index (χ2v) is 6.43. The molecule has 0 saturated carbocycles. The number of carbonyl (C=O) groups is 1. The molecular weight excluding hydrogens is 300 g/mol. The molecule has 1 aliphatic carbocycles. The van der Waals surface area contributed by atoms with Crippen molar-refractivity contribution in [3.05, 3.63) is 40.9 Å². The number of nitrogens with one attached hydrogen (secondary N) is 1. The summed E-state index contributed by atoms with van der Waals surface area (Å²) in [5.74, 6) is 0. The zero-order chi connectivity index (χ0) is 15.0. The number of anilines is 1. The Morgan fingerprint density at radius 3 is 3.18 bits per heavy atom. The van der Waals surface area contributed by atoms with Gasteiger partial charge in [-0.3, -0.25) is 5.32 Å². The van der Waals surface area contributed by atoms with Crippen molar-refractivity contribution in [1.29, 1.82) is 0 Å². The number of amides is 2. The number of benzene rings is 1. The molecule has 4 rings (SSSR count). The zero-order valence-corrected chi connectivity index (χ0v) is 12.8. The summed E-state index contributed by atoms with van der Waals surface area (Å²) in [7, 11) is 0. The Hall–Kier alpha value is -1.99. The molecule has 1 aliphatic heterocycles. The molecule has 2 aromatic rings. The van der Waals surface area contributed by atoms with Crippen molar-refractivity contribution in [1.82, 2.24) is 15.1 Å². The molecule has 2 aliphatic rings. The van der Waals surface area contributed by atoms with E-state index in [1.807, 2.05) is 11.0 Å². The van der Waals surface area contributed by atoms with E-state index in [9.17, 15) is 4.79 Å². The summed E-state index contributed by atoms with van der Waals surface area (Å²) in [6, 6.07) is 8.22. The first kappa shape index (κ1) is 13.7. The number of fused-ring (bicyclic) bond motifs is 2. The monoisotopic (exact) mass is 316 g/mol. The SMILES string of the molecule is O=C(Nc1nncs1)N1CCOC2(CCc3ccccc32)C1. The van der Waals surface area contributed by atoms with Crippen molar-refractivity contribution >= 4 is 22.5 Å². The van der Waals surface area contributed by atoms with E-state index in [0.717, 1.165) is 12.8 Å². The van der Waals surface area contributed by atoms with Crippen LogP contribution in [0.4, 0.5) is 9.93 Å². The number of morpholine rings is 1. The number of aromatic nitrogens is 2. The van der Waals surface area contributed by atoms with E-state index in [2.05, 4.69) is 33.7 Å². The molecule has 6 nitrogen and oxygen atoms in total. The van der Waals surface area contributed by atoms with Crippen LogP contribution in [0.2, 0.25) is 0 Å². The lowest BCUT2D eigenvalue weighted by atomic mass is 9.94. The van der Waals surface area contributed by atoms with Crippen LogP contribution >= 0.6 is 11.3 Å². The maximum Gasteiger partial charge on any atom is 0.323 e. The van der Waals surface area contributed by atoms with E-state index >= 15 is 0 Å². The second kappa shape index (κ2) is 5.33. The number of urea groups is 1. The van der Waals surface area contributed by atoms with Crippen molar-refractivity contribution < 1.29 is 9.53 Å². The van der Waals surface area contributed by atoms with E-state index < -0.39 is 0 Å². The summed E-state index contributed by atoms with van der Waals surface area (Å²) < 4.78 is 6.12. The van der Waals surface area contributed by atoms with Crippen molar-refractivity contribution in [2.75, 3.05) is 25.0 Å². The highest BCUT2D eigenvalue weighted by Gasteiger charge is 2.44. The quantitative estimate of drug-likeness (QED) is 0.876. The van der Waals surface area contributed by atoms with Gasteiger partial charge in [0.2, 0.25) is 5.13 Å². The molecule has 1 unspecified atom stereocenters. The molecule has 2 heterocycles. The van der Waals surface area contributed by atoms with Gasteiger partial charge in [-0.1, -0.05) is 35.6 Å². The van der Waals surface area contributed by atoms with Gasteiger partial charge in [-0.15, -0.1) is 10.2 Å². The fourth-order valence-corrected chi connectivity index (χ4v) is 3.76. The predicted octanol–water partition coefficient (Wildman–Crippen LogP) is 2.24. The first-order chi connectivity index (χ1) is 10.8. The average Bonchev–Trinajstić information content (AvgIpc) is 3.17. The third-order valence-corrected chi connectivity index (χ3v) is 4.96. The number of rotatable bonds is 1. The Balaban J connectivity index is 1.54. The van der Waals surface area contributed by atoms with Gasteiger partial charge >= 0.3 is 6.03 Å². The third-order valence-electron chi connectivity index (χ3n) is 4.35. The van der Waals surface area contributed by atoms with Gasteiger partial charge in [0, 0.05) is 6.54 Å². The lowest BCUT2D eigenvalue weighted by Crippen LogP contribution is -2.52. The summed E-state index contributed by atoms with van der Waals surface area (Å²) in [6.45, 7) is 1.72. The van der Waals surface area contributed by atoms with Gasteiger partial charge in [0.15, 0.2) is 0 Å². The molecule has 1 saturated heterocycles. The first-order valence-corrected chi connectivity index (χ1v) is 8.19. The standard InChI is InChI=1S/C15H16N4O2S/c20-14(17-13-18-16-10-22-13)19-7-8-21-15(9-19)6-5-11-3-1-2-4-12(11)15/h1-4,10H,5-9H2,(H,17,18,20). The maximum atomic E-state index is 12.4. The number of aryl methyl sites for hydroxylation is 1. The molecule has 1 spiro atoms. The Labute approximate surface area is 132 Å². The molecule has 1 atom stereocenters. The van der Waals surface area contributed by atoms with Gasteiger partial charge in [-0.2, -0.15) is 0 Å². The topological polar surface area (TPSA) is 67.4 Å². The fraction of sp³-hybridized carbons (Fsp3) is 0.400. The molecule has 1 N–H and O–H groups in total. The molecule has 1 fully saturated rings. The van der Waals surface area contributed by atoms with Crippen LogP contribution in [-0.4, -0.2) is 40.8 Å². The molecule has 22 heavy (non-hydrogen) atoms. The minimum atomic E-state index is -0.354. The lowest BCUT2D eigenvalue weighted by Gasteiger charge is -2.40. The fourth-order valence-electron chi connectivity index (χ4n) is 3.32. The highest BCUT2D eigenvalue weighted by molar-refractivity contribution is 7.13. The largest absolute Gasteiger partial charge is 0.367 e. The van der Waals surface area contributed by atoms with Gasteiger partial charge in [-0.05, 0) is 24.0 Å². The van der Waals surface area contributed by atoms with Gasteiger partial charge < -0.3 is 9.64 Å². The summed E-state index contributed by atoms with van der Waals surface area (Å²) in [5.41, 5.74) is 3.80. The number of hydrogen-bond acceptors (Lipinski definition) is 5. The molecule has 1 aromatic carbocycles. The molecule has 114 valence electrons. The molecular formula is C15H16N4O2S. The smallest absolute Gasteiger partial charge is 0.323 e. The molecule has 0 bridgehead atoms. The highest BCUT2D eigenvalue weighted by atomic mass is 32.1. The van der Waals surface area contributed by atoms with Gasteiger partial charge in [0.05, 0.1) is 13.2 Å². The second-order valence-electron chi connectivity index (χ2n) is 5.60. The van der Waals surface area contributed by atoms with E-state index in [4.69, 9.17) is 4.74 Å². The van der Waals surface area contributed by atoms with E-state index in [0.29, 0.717) is 24.8 Å². The zero-order valence-electron chi connectivity index (χ0n) is 12.0.